The van der Waals surface area contributed by atoms with Crippen LogP contribution in [0.2, 0.25) is 4.34 Å². The molecule has 114 valence electrons. The summed E-state index contributed by atoms with van der Waals surface area (Å²) in [6, 6.07) is 5.21. The number of carbonyl (C=O) groups is 1. The minimum atomic E-state index is -0.385. The van der Waals surface area contributed by atoms with Gasteiger partial charge in [0.2, 0.25) is 0 Å². The number of thiophene rings is 1. The maximum absolute atomic E-state index is 12.1. The van der Waals surface area contributed by atoms with Crippen molar-refractivity contribution in [2.75, 3.05) is 6.54 Å². The molecule has 0 aliphatic heterocycles. The molecule has 0 saturated heterocycles. The summed E-state index contributed by atoms with van der Waals surface area (Å²) in [5.74, 6) is 0.242. The van der Waals surface area contributed by atoms with E-state index in [-0.39, 0.29) is 17.1 Å². The zero-order chi connectivity index (χ0) is 15.5. The Morgan fingerprint density at radius 3 is 2.76 bits per heavy atom. The van der Waals surface area contributed by atoms with Crippen LogP contribution in [0.25, 0.3) is 10.6 Å². The normalized spacial score (nSPS) is 11.6. The van der Waals surface area contributed by atoms with Crippen LogP contribution < -0.4 is 11.1 Å². The van der Waals surface area contributed by atoms with Crippen LogP contribution in [0.4, 0.5) is 0 Å². The van der Waals surface area contributed by atoms with E-state index in [1.807, 2.05) is 19.9 Å². The van der Waals surface area contributed by atoms with Gasteiger partial charge in [-0.3, -0.25) is 4.79 Å². The molecule has 0 saturated carbocycles. The third kappa shape index (κ3) is 3.84. The Labute approximate surface area is 132 Å². The number of hydrogen-bond acceptors (Lipinski definition) is 5. The molecule has 3 N–H and O–H groups in total. The molecule has 1 amide bonds. The molecule has 2 rings (SSSR count). The fraction of sp³-hybridized carbons (Fsp3) is 0.429. The molecular weight excluding hydrogens is 310 g/mol. The van der Waals surface area contributed by atoms with Crippen LogP contribution in [0.15, 0.2) is 22.7 Å². The van der Waals surface area contributed by atoms with E-state index in [9.17, 15) is 4.79 Å². The van der Waals surface area contributed by atoms with Crippen molar-refractivity contribution >= 4 is 28.8 Å². The molecule has 0 spiro atoms. The largest absolute Gasteiger partial charge is 0.355 e. The smallest absolute Gasteiger partial charge is 0.273 e. The second-order valence-corrected chi connectivity index (χ2v) is 6.65. The van der Waals surface area contributed by atoms with Gasteiger partial charge >= 0.3 is 0 Å². The Morgan fingerprint density at radius 1 is 1.48 bits per heavy atom. The van der Waals surface area contributed by atoms with Crippen molar-refractivity contribution in [2.45, 2.75) is 32.2 Å². The van der Waals surface area contributed by atoms with Crippen LogP contribution in [-0.2, 0) is 0 Å². The van der Waals surface area contributed by atoms with Crippen molar-refractivity contribution in [3.63, 3.8) is 0 Å². The molecule has 0 unspecified atom stereocenters. The van der Waals surface area contributed by atoms with Crippen LogP contribution >= 0.6 is 22.9 Å². The highest BCUT2D eigenvalue weighted by atomic mass is 35.5. The monoisotopic (exact) mass is 327 g/mol. The highest BCUT2D eigenvalue weighted by Gasteiger charge is 2.22. The summed E-state index contributed by atoms with van der Waals surface area (Å²) in [6.45, 7) is 4.42. The summed E-state index contributed by atoms with van der Waals surface area (Å²) < 4.78 is 5.84. The average Bonchev–Trinajstić information content (AvgIpc) is 3.13. The highest BCUT2D eigenvalue weighted by molar-refractivity contribution is 7.19. The van der Waals surface area contributed by atoms with Crippen molar-refractivity contribution in [3.05, 3.63) is 28.2 Å². The van der Waals surface area contributed by atoms with Crippen LogP contribution in [-0.4, -0.2) is 23.1 Å². The van der Waals surface area contributed by atoms with Gasteiger partial charge in [0.05, 0.1) is 9.21 Å². The van der Waals surface area contributed by atoms with Gasteiger partial charge < -0.3 is 15.6 Å². The first-order valence-corrected chi connectivity index (χ1v) is 7.96. The molecule has 0 aromatic carbocycles. The minimum Gasteiger partial charge on any atom is -0.355 e. The third-order valence-corrected chi connectivity index (χ3v) is 4.81. The fourth-order valence-corrected chi connectivity index (χ4v) is 2.78. The second kappa shape index (κ2) is 6.60. The molecule has 0 bridgehead atoms. The second-order valence-electron chi connectivity index (χ2n) is 4.93. The number of nitrogens with one attached hydrogen (secondary N) is 1. The van der Waals surface area contributed by atoms with E-state index in [4.69, 9.17) is 21.9 Å². The van der Waals surface area contributed by atoms with Crippen LogP contribution in [0.3, 0.4) is 0 Å². The predicted octanol–water partition coefficient (Wildman–Crippen LogP) is 3.30. The number of nitrogens with zero attached hydrogens (tertiary/aromatic N) is 1. The van der Waals surface area contributed by atoms with Crippen molar-refractivity contribution in [1.29, 1.82) is 0 Å². The van der Waals surface area contributed by atoms with Crippen molar-refractivity contribution in [1.82, 2.24) is 10.5 Å². The van der Waals surface area contributed by atoms with Crippen LogP contribution in [0.5, 0.6) is 0 Å². The molecule has 2 aromatic rings. The number of halogens is 1. The Bertz CT molecular complexity index is 619. The lowest BCUT2D eigenvalue weighted by atomic mass is 9.94. The lowest BCUT2D eigenvalue weighted by molar-refractivity contribution is 0.0933. The van der Waals surface area contributed by atoms with E-state index in [1.54, 1.807) is 12.1 Å². The van der Waals surface area contributed by atoms with Crippen LogP contribution in [0.1, 0.15) is 37.2 Å². The van der Waals surface area contributed by atoms with Gasteiger partial charge in [0, 0.05) is 18.2 Å². The molecule has 0 fully saturated rings. The Balaban J connectivity index is 2.02. The topological polar surface area (TPSA) is 81.1 Å². The van der Waals surface area contributed by atoms with E-state index in [0.29, 0.717) is 16.6 Å². The summed E-state index contributed by atoms with van der Waals surface area (Å²) in [5, 5.41) is 6.59. The van der Waals surface area contributed by atoms with Gasteiger partial charge in [0.25, 0.3) is 5.91 Å². The molecule has 21 heavy (non-hydrogen) atoms. The first-order chi connectivity index (χ1) is 9.97. The van der Waals surface area contributed by atoms with Gasteiger partial charge in [-0.25, -0.2) is 0 Å². The molecule has 5 nitrogen and oxygen atoms in total. The number of carbonyl (C=O) groups excluding carboxylic acids is 1. The number of aromatic nitrogens is 1. The minimum absolute atomic E-state index is 0.240. The zero-order valence-corrected chi connectivity index (χ0v) is 13.6. The predicted molar refractivity (Wildman–Crippen MR) is 84.7 cm³/mol. The Hall–Kier alpha value is -1.37. The van der Waals surface area contributed by atoms with E-state index in [1.165, 1.54) is 11.3 Å². The third-order valence-electron chi connectivity index (χ3n) is 3.57. The van der Waals surface area contributed by atoms with Crippen LogP contribution in [0, 0.1) is 0 Å². The lowest BCUT2D eigenvalue weighted by Crippen LogP contribution is -2.49. The quantitative estimate of drug-likeness (QED) is 0.853. The molecule has 2 heterocycles. The van der Waals surface area contributed by atoms with Gasteiger partial charge in [0.1, 0.15) is 0 Å². The summed E-state index contributed by atoms with van der Waals surface area (Å²) in [5.41, 5.74) is 6.00. The van der Waals surface area contributed by atoms with Crippen molar-refractivity contribution in [3.8, 4) is 10.6 Å². The van der Waals surface area contributed by atoms with Gasteiger partial charge in [-0.15, -0.1) is 11.3 Å². The highest BCUT2D eigenvalue weighted by Crippen LogP contribution is 2.31. The van der Waals surface area contributed by atoms with Gasteiger partial charge in [-0.2, -0.15) is 0 Å². The fourth-order valence-electron chi connectivity index (χ4n) is 1.79. The molecule has 0 aliphatic carbocycles. The zero-order valence-electron chi connectivity index (χ0n) is 12.0. The maximum atomic E-state index is 12.1. The number of rotatable bonds is 6. The molecule has 0 aliphatic rings. The maximum Gasteiger partial charge on any atom is 0.273 e. The molecular formula is C14H18ClN3O2S. The van der Waals surface area contributed by atoms with E-state index < -0.39 is 0 Å². The molecule has 7 heteroatoms. The van der Waals surface area contributed by atoms with E-state index >= 15 is 0 Å². The van der Waals surface area contributed by atoms with Gasteiger partial charge in [-0.05, 0) is 25.0 Å². The molecule has 2 aromatic heterocycles. The number of nitrogens with two attached hydrogens (primary N) is 1. The van der Waals surface area contributed by atoms with Gasteiger partial charge in [-0.1, -0.05) is 30.6 Å². The first-order valence-electron chi connectivity index (χ1n) is 6.77. The van der Waals surface area contributed by atoms with Gasteiger partial charge in [0.15, 0.2) is 11.5 Å². The van der Waals surface area contributed by atoms with E-state index in [2.05, 4.69) is 10.5 Å². The number of hydrogen-bond donors (Lipinski definition) is 2. The Kier molecular flexibility index (Phi) is 5.03. The molecule has 0 radical (unpaired) electrons. The SMILES string of the molecule is CCC(N)(CC)CNC(=O)c1cc(-c2ccc(Cl)s2)on1. The van der Waals surface area contributed by atoms with Crippen molar-refractivity contribution in [2.24, 2.45) is 5.73 Å². The summed E-state index contributed by atoms with van der Waals surface area (Å²) in [7, 11) is 0. The summed E-state index contributed by atoms with van der Waals surface area (Å²) >= 11 is 7.25. The van der Waals surface area contributed by atoms with E-state index in [0.717, 1.165) is 17.7 Å². The number of amides is 1. The average molecular weight is 328 g/mol. The van der Waals surface area contributed by atoms with Crippen molar-refractivity contribution < 1.29 is 9.32 Å². The summed E-state index contributed by atoms with van der Waals surface area (Å²) in [4.78, 5) is 12.9. The lowest BCUT2D eigenvalue weighted by Gasteiger charge is -2.26. The molecule has 0 atom stereocenters. The standard InChI is InChI=1S/C14H18ClN3O2S/c1-3-14(16,4-2)8-17-13(19)9-7-10(20-18-9)11-5-6-12(15)21-11/h5-7H,3-4,8,16H2,1-2H3,(H,17,19). The first kappa shape index (κ1) is 16.0. The summed E-state index contributed by atoms with van der Waals surface area (Å²) in [6.07, 6.45) is 1.59. The Morgan fingerprint density at radius 2 is 2.19 bits per heavy atom.